The van der Waals surface area contributed by atoms with Gasteiger partial charge in [0.05, 0.1) is 12.2 Å². The zero-order chi connectivity index (χ0) is 13.0. The number of hydrogen-bond donors (Lipinski definition) is 1. The van der Waals surface area contributed by atoms with E-state index in [1.54, 1.807) is 6.07 Å². The standard InChI is InChI=1S/C12H15ClN4O/c1-3-4-11-15-10(13)6-12(16-11)14-7-9-5-8(2)17-18-9/h5-6H,3-4,7H2,1-2H3,(H,14,15,16). The molecular formula is C12H15ClN4O. The van der Waals surface area contributed by atoms with Gasteiger partial charge in [0.2, 0.25) is 0 Å². The van der Waals surface area contributed by atoms with E-state index in [2.05, 4.69) is 27.4 Å². The molecule has 0 unspecified atom stereocenters. The summed E-state index contributed by atoms with van der Waals surface area (Å²) in [5.41, 5.74) is 0.860. The Morgan fingerprint density at radius 3 is 2.83 bits per heavy atom. The van der Waals surface area contributed by atoms with Crippen molar-refractivity contribution >= 4 is 17.4 Å². The van der Waals surface area contributed by atoms with Crippen molar-refractivity contribution in [2.45, 2.75) is 33.2 Å². The number of aromatic nitrogens is 3. The summed E-state index contributed by atoms with van der Waals surface area (Å²) < 4.78 is 5.11. The van der Waals surface area contributed by atoms with Gasteiger partial charge >= 0.3 is 0 Å². The fourth-order valence-electron chi connectivity index (χ4n) is 1.57. The average molecular weight is 267 g/mol. The van der Waals surface area contributed by atoms with Crippen LogP contribution in [-0.2, 0) is 13.0 Å². The Bertz CT molecular complexity index is 527. The highest BCUT2D eigenvalue weighted by Gasteiger charge is 2.04. The molecule has 2 rings (SSSR count). The third kappa shape index (κ3) is 3.43. The van der Waals surface area contributed by atoms with Crippen LogP contribution in [0.4, 0.5) is 5.82 Å². The summed E-state index contributed by atoms with van der Waals surface area (Å²) in [6, 6.07) is 3.58. The van der Waals surface area contributed by atoms with Crippen molar-refractivity contribution in [3.8, 4) is 0 Å². The number of aryl methyl sites for hydroxylation is 2. The van der Waals surface area contributed by atoms with E-state index in [9.17, 15) is 0 Å². The predicted octanol–water partition coefficient (Wildman–Crippen LogP) is 2.99. The van der Waals surface area contributed by atoms with Crippen molar-refractivity contribution in [1.82, 2.24) is 15.1 Å². The Balaban J connectivity index is 2.04. The Morgan fingerprint density at radius 2 is 2.17 bits per heavy atom. The maximum atomic E-state index is 5.94. The molecule has 0 aliphatic rings. The second kappa shape index (κ2) is 5.82. The van der Waals surface area contributed by atoms with E-state index in [4.69, 9.17) is 16.1 Å². The minimum absolute atomic E-state index is 0.449. The van der Waals surface area contributed by atoms with Gasteiger partial charge in [0, 0.05) is 18.6 Å². The summed E-state index contributed by atoms with van der Waals surface area (Å²) in [6.45, 7) is 4.49. The number of rotatable bonds is 5. The Hall–Kier alpha value is -1.62. The average Bonchev–Trinajstić information content (AvgIpc) is 2.72. The van der Waals surface area contributed by atoms with Crippen molar-refractivity contribution in [3.63, 3.8) is 0 Å². The number of nitrogens with zero attached hydrogens (tertiary/aromatic N) is 3. The minimum atomic E-state index is 0.449. The molecule has 0 aromatic carbocycles. The molecule has 5 nitrogen and oxygen atoms in total. The van der Waals surface area contributed by atoms with Crippen LogP contribution in [0.5, 0.6) is 0 Å². The van der Waals surface area contributed by atoms with Gasteiger partial charge in [0.15, 0.2) is 5.76 Å². The van der Waals surface area contributed by atoms with Crippen LogP contribution in [0.1, 0.15) is 30.6 Å². The highest BCUT2D eigenvalue weighted by atomic mass is 35.5. The summed E-state index contributed by atoms with van der Waals surface area (Å²) in [6.07, 6.45) is 1.80. The lowest BCUT2D eigenvalue weighted by Crippen LogP contribution is -2.04. The van der Waals surface area contributed by atoms with E-state index >= 15 is 0 Å². The third-order valence-electron chi connectivity index (χ3n) is 2.34. The SMILES string of the molecule is CCCc1nc(Cl)cc(NCc2cc(C)no2)n1. The van der Waals surface area contributed by atoms with Gasteiger partial charge in [-0.25, -0.2) is 9.97 Å². The summed E-state index contributed by atoms with van der Waals surface area (Å²) in [7, 11) is 0. The molecule has 0 saturated heterocycles. The molecule has 2 aromatic rings. The third-order valence-corrected chi connectivity index (χ3v) is 2.53. The van der Waals surface area contributed by atoms with E-state index in [1.165, 1.54) is 0 Å². The maximum absolute atomic E-state index is 5.94. The monoisotopic (exact) mass is 266 g/mol. The lowest BCUT2D eigenvalue weighted by atomic mass is 10.3. The van der Waals surface area contributed by atoms with Gasteiger partial charge in [0.25, 0.3) is 0 Å². The summed E-state index contributed by atoms with van der Waals surface area (Å²) in [5.74, 6) is 2.22. The van der Waals surface area contributed by atoms with Gasteiger partial charge in [-0.15, -0.1) is 0 Å². The lowest BCUT2D eigenvalue weighted by Gasteiger charge is -2.05. The van der Waals surface area contributed by atoms with Crippen LogP contribution in [0.2, 0.25) is 5.15 Å². The lowest BCUT2D eigenvalue weighted by molar-refractivity contribution is 0.384. The molecular weight excluding hydrogens is 252 g/mol. The Kier molecular flexibility index (Phi) is 4.15. The van der Waals surface area contributed by atoms with Crippen molar-refractivity contribution in [2.24, 2.45) is 0 Å². The molecule has 0 aliphatic carbocycles. The molecule has 0 spiro atoms. The summed E-state index contributed by atoms with van der Waals surface area (Å²) in [5, 5.41) is 7.41. The zero-order valence-electron chi connectivity index (χ0n) is 10.4. The van der Waals surface area contributed by atoms with Crippen molar-refractivity contribution in [1.29, 1.82) is 0 Å². The van der Waals surface area contributed by atoms with Gasteiger partial charge in [0.1, 0.15) is 16.8 Å². The van der Waals surface area contributed by atoms with E-state index in [1.807, 2.05) is 13.0 Å². The second-order valence-corrected chi connectivity index (χ2v) is 4.42. The molecule has 0 saturated carbocycles. The molecule has 2 heterocycles. The highest BCUT2D eigenvalue weighted by molar-refractivity contribution is 6.29. The number of halogens is 1. The molecule has 0 aliphatic heterocycles. The first-order chi connectivity index (χ1) is 8.67. The van der Waals surface area contributed by atoms with Crippen LogP contribution in [-0.4, -0.2) is 15.1 Å². The molecule has 1 N–H and O–H groups in total. The minimum Gasteiger partial charge on any atom is -0.363 e. The van der Waals surface area contributed by atoms with Crippen molar-refractivity contribution in [2.75, 3.05) is 5.32 Å². The van der Waals surface area contributed by atoms with Gasteiger partial charge in [-0.1, -0.05) is 23.7 Å². The van der Waals surface area contributed by atoms with Crippen LogP contribution in [0.25, 0.3) is 0 Å². The molecule has 0 bridgehead atoms. The van der Waals surface area contributed by atoms with Crippen LogP contribution in [0, 0.1) is 6.92 Å². The quantitative estimate of drug-likeness (QED) is 0.843. The topological polar surface area (TPSA) is 63.8 Å². The molecule has 2 aromatic heterocycles. The van der Waals surface area contributed by atoms with E-state index < -0.39 is 0 Å². The summed E-state index contributed by atoms with van der Waals surface area (Å²) in [4.78, 5) is 8.54. The molecule has 6 heteroatoms. The fraction of sp³-hybridized carbons (Fsp3) is 0.417. The van der Waals surface area contributed by atoms with E-state index in [-0.39, 0.29) is 0 Å². The molecule has 0 radical (unpaired) electrons. The highest BCUT2D eigenvalue weighted by Crippen LogP contribution is 2.14. The molecule has 18 heavy (non-hydrogen) atoms. The first-order valence-corrected chi connectivity index (χ1v) is 6.24. The fourth-order valence-corrected chi connectivity index (χ4v) is 1.77. The Labute approximate surface area is 111 Å². The van der Waals surface area contributed by atoms with Crippen LogP contribution in [0.15, 0.2) is 16.7 Å². The number of nitrogens with one attached hydrogen (secondary N) is 1. The largest absolute Gasteiger partial charge is 0.363 e. The van der Waals surface area contributed by atoms with E-state index in [0.717, 1.165) is 30.1 Å². The van der Waals surface area contributed by atoms with Crippen molar-refractivity contribution in [3.05, 3.63) is 34.6 Å². The first kappa shape index (κ1) is 12.8. The van der Waals surface area contributed by atoms with Gasteiger partial charge in [-0.2, -0.15) is 0 Å². The Morgan fingerprint density at radius 1 is 1.33 bits per heavy atom. The first-order valence-electron chi connectivity index (χ1n) is 5.87. The molecule has 96 valence electrons. The van der Waals surface area contributed by atoms with E-state index in [0.29, 0.717) is 17.5 Å². The molecule has 0 amide bonds. The van der Waals surface area contributed by atoms with Gasteiger partial charge in [-0.05, 0) is 13.3 Å². The maximum Gasteiger partial charge on any atom is 0.156 e. The molecule has 0 atom stereocenters. The summed E-state index contributed by atoms with van der Waals surface area (Å²) >= 11 is 5.94. The van der Waals surface area contributed by atoms with Crippen LogP contribution >= 0.6 is 11.6 Å². The normalized spacial score (nSPS) is 10.6. The zero-order valence-corrected chi connectivity index (χ0v) is 11.2. The van der Waals surface area contributed by atoms with Gasteiger partial charge in [-0.3, -0.25) is 0 Å². The van der Waals surface area contributed by atoms with Crippen molar-refractivity contribution < 1.29 is 4.52 Å². The van der Waals surface area contributed by atoms with Gasteiger partial charge < -0.3 is 9.84 Å². The number of anilines is 1. The number of hydrogen-bond acceptors (Lipinski definition) is 5. The smallest absolute Gasteiger partial charge is 0.156 e. The van der Waals surface area contributed by atoms with Crippen LogP contribution in [0.3, 0.4) is 0 Å². The molecule has 0 fully saturated rings. The predicted molar refractivity (Wildman–Crippen MR) is 69.6 cm³/mol. The van der Waals surface area contributed by atoms with Crippen LogP contribution < -0.4 is 5.32 Å². The second-order valence-electron chi connectivity index (χ2n) is 4.03.